The molecule has 0 spiro atoms. The fraction of sp³-hybridized carbons (Fsp3) is 0. The number of hydrogen-bond acceptors (Lipinski definition) is 5. The van der Waals surface area contributed by atoms with Crippen LogP contribution in [0.4, 0.5) is 0 Å². The van der Waals surface area contributed by atoms with E-state index in [0.29, 0.717) is 17.0 Å². The van der Waals surface area contributed by atoms with Gasteiger partial charge in [0.05, 0.1) is 11.1 Å². The molecule has 0 amide bonds. The van der Waals surface area contributed by atoms with Gasteiger partial charge in [-0.05, 0) is 24.3 Å². The molecule has 0 saturated carbocycles. The van der Waals surface area contributed by atoms with Crippen molar-refractivity contribution >= 4 is 16.6 Å². The molecule has 0 aliphatic rings. The number of para-hydroxylation sites is 1. The highest BCUT2D eigenvalue weighted by molar-refractivity contribution is 5.91. The van der Waals surface area contributed by atoms with Gasteiger partial charge in [0.1, 0.15) is 17.8 Å². The zero-order valence-electron chi connectivity index (χ0n) is 10.8. The molecule has 2 aromatic carbocycles. The highest BCUT2D eigenvalue weighted by Gasteiger charge is 2.13. The minimum Gasteiger partial charge on any atom is -0.508 e. The van der Waals surface area contributed by atoms with Crippen LogP contribution in [0.3, 0.4) is 0 Å². The maximum atomic E-state index is 9.92. The summed E-state index contributed by atoms with van der Waals surface area (Å²) in [6, 6.07) is 12.0. The third-order valence-electron chi connectivity index (χ3n) is 3.30. The minimum atomic E-state index is -0.0665. The van der Waals surface area contributed by atoms with Crippen LogP contribution in [-0.4, -0.2) is 29.8 Å². The van der Waals surface area contributed by atoms with Gasteiger partial charge in [-0.25, -0.2) is 14.5 Å². The molecule has 2 aromatic heterocycles. The molecular weight excluding hydrogens is 268 g/mol. The zero-order valence-corrected chi connectivity index (χ0v) is 10.8. The summed E-state index contributed by atoms with van der Waals surface area (Å²) in [5, 5.41) is 24.5. The third kappa shape index (κ3) is 1.77. The predicted octanol–water partition coefficient (Wildman–Crippen LogP) is 2.36. The fourth-order valence-electron chi connectivity index (χ4n) is 2.30. The summed E-state index contributed by atoms with van der Waals surface area (Å²) < 4.78 is 1.57. The molecule has 2 heterocycles. The van der Waals surface area contributed by atoms with Crippen molar-refractivity contribution in [1.29, 1.82) is 0 Å². The van der Waals surface area contributed by atoms with Crippen LogP contribution in [0, 0.1) is 0 Å². The number of aromatic hydroxyl groups is 2. The maximum absolute atomic E-state index is 9.92. The number of rotatable bonds is 1. The van der Waals surface area contributed by atoms with Crippen LogP contribution in [0.15, 0.2) is 48.8 Å². The summed E-state index contributed by atoms with van der Waals surface area (Å²) >= 11 is 0. The van der Waals surface area contributed by atoms with Crippen molar-refractivity contribution < 1.29 is 10.2 Å². The summed E-state index contributed by atoms with van der Waals surface area (Å²) in [7, 11) is 0. The second kappa shape index (κ2) is 4.17. The van der Waals surface area contributed by atoms with E-state index in [2.05, 4.69) is 15.1 Å². The van der Waals surface area contributed by atoms with Crippen molar-refractivity contribution in [2.75, 3.05) is 0 Å². The highest BCUT2D eigenvalue weighted by atomic mass is 16.3. The van der Waals surface area contributed by atoms with Crippen LogP contribution in [-0.2, 0) is 0 Å². The van der Waals surface area contributed by atoms with E-state index in [-0.39, 0.29) is 11.5 Å². The van der Waals surface area contributed by atoms with Crippen molar-refractivity contribution in [3.05, 3.63) is 48.8 Å². The van der Waals surface area contributed by atoms with E-state index in [1.165, 1.54) is 12.1 Å². The molecule has 102 valence electrons. The molecule has 0 fully saturated rings. The Morgan fingerprint density at radius 3 is 2.71 bits per heavy atom. The molecule has 0 saturated heterocycles. The summed E-state index contributed by atoms with van der Waals surface area (Å²) in [4.78, 5) is 8.78. The van der Waals surface area contributed by atoms with Gasteiger partial charge in [0.2, 0.25) is 0 Å². The van der Waals surface area contributed by atoms with Crippen LogP contribution < -0.4 is 0 Å². The SMILES string of the molecule is Oc1ccc(-c2nc3c4ccccc4ncn3n2)c(O)c1. The fourth-order valence-corrected chi connectivity index (χ4v) is 2.30. The molecule has 0 unspecified atom stereocenters. The minimum absolute atomic E-state index is 0.00729. The molecule has 6 heteroatoms. The molecule has 0 atom stereocenters. The van der Waals surface area contributed by atoms with E-state index in [4.69, 9.17) is 0 Å². The second-order valence-electron chi connectivity index (χ2n) is 4.67. The van der Waals surface area contributed by atoms with E-state index in [1.54, 1.807) is 16.9 Å². The van der Waals surface area contributed by atoms with Gasteiger partial charge in [-0.2, -0.15) is 0 Å². The lowest BCUT2D eigenvalue weighted by Crippen LogP contribution is -1.90. The lowest BCUT2D eigenvalue weighted by Gasteiger charge is -1.99. The van der Waals surface area contributed by atoms with Crippen LogP contribution in [0.5, 0.6) is 11.5 Å². The lowest BCUT2D eigenvalue weighted by atomic mass is 10.2. The summed E-state index contributed by atoms with van der Waals surface area (Å²) in [6.07, 6.45) is 1.59. The summed E-state index contributed by atoms with van der Waals surface area (Å²) in [5.41, 5.74) is 1.96. The molecule has 0 aliphatic carbocycles. The van der Waals surface area contributed by atoms with Gasteiger partial charge in [-0.15, -0.1) is 5.10 Å². The average molecular weight is 278 g/mol. The average Bonchev–Trinajstić information content (AvgIpc) is 2.91. The molecule has 0 bridgehead atoms. The van der Waals surface area contributed by atoms with Crippen molar-refractivity contribution in [2.45, 2.75) is 0 Å². The maximum Gasteiger partial charge on any atom is 0.185 e. The van der Waals surface area contributed by atoms with Gasteiger partial charge in [-0.1, -0.05) is 12.1 Å². The van der Waals surface area contributed by atoms with Crippen molar-refractivity contribution in [2.24, 2.45) is 0 Å². The van der Waals surface area contributed by atoms with Crippen LogP contribution in [0.2, 0.25) is 0 Å². The van der Waals surface area contributed by atoms with Gasteiger partial charge in [0, 0.05) is 11.5 Å². The smallest absolute Gasteiger partial charge is 0.185 e. The lowest BCUT2D eigenvalue weighted by molar-refractivity contribution is 0.451. The molecule has 6 nitrogen and oxygen atoms in total. The van der Waals surface area contributed by atoms with E-state index < -0.39 is 0 Å². The first-order valence-electron chi connectivity index (χ1n) is 6.35. The number of nitrogens with zero attached hydrogens (tertiary/aromatic N) is 4. The van der Waals surface area contributed by atoms with E-state index >= 15 is 0 Å². The van der Waals surface area contributed by atoms with Crippen LogP contribution in [0.25, 0.3) is 27.9 Å². The van der Waals surface area contributed by atoms with Crippen LogP contribution >= 0.6 is 0 Å². The van der Waals surface area contributed by atoms with Gasteiger partial charge < -0.3 is 10.2 Å². The van der Waals surface area contributed by atoms with Gasteiger partial charge in [-0.3, -0.25) is 0 Å². The third-order valence-corrected chi connectivity index (χ3v) is 3.30. The first-order chi connectivity index (χ1) is 10.2. The first kappa shape index (κ1) is 11.7. The molecule has 21 heavy (non-hydrogen) atoms. The Labute approximate surface area is 119 Å². The second-order valence-corrected chi connectivity index (χ2v) is 4.67. The Kier molecular flexibility index (Phi) is 2.32. The van der Waals surface area contributed by atoms with E-state index in [9.17, 15) is 10.2 Å². The van der Waals surface area contributed by atoms with Gasteiger partial charge in [0.15, 0.2) is 11.5 Å². The number of fused-ring (bicyclic) bond motifs is 3. The number of phenols is 2. The molecular formula is C15H10N4O2. The summed E-state index contributed by atoms with van der Waals surface area (Å²) in [5.74, 6) is 0.306. The molecule has 0 radical (unpaired) electrons. The Morgan fingerprint density at radius 1 is 1.00 bits per heavy atom. The number of aromatic nitrogens is 4. The number of benzene rings is 2. The Bertz CT molecular complexity index is 978. The first-order valence-corrected chi connectivity index (χ1v) is 6.35. The van der Waals surface area contributed by atoms with Crippen molar-refractivity contribution in [3.63, 3.8) is 0 Å². The zero-order chi connectivity index (χ0) is 14.4. The topological polar surface area (TPSA) is 83.5 Å². The standard InChI is InChI=1S/C15H10N4O2/c20-9-5-6-11(13(21)7-9)14-17-15-10-3-1-2-4-12(10)16-8-19(15)18-14/h1-8,20-21H. The predicted molar refractivity (Wildman–Crippen MR) is 77.1 cm³/mol. The number of hydrogen-bond donors (Lipinski definition) is 2. The van der Waals surface area contributed by atoms with E-state index in [1.807, 2.05) is 24.3 Å². The number of phenolic OH excluding ortho intramolecular Hbond substituents is 2. The van der Waals surface area contributed by atoms with Crippen molar-refractivity contribution in [1.82, 2.24) is 19.6 Å². The highest BCUT2D eigenvalue weighted by Crippen LogP contribution is 2.30. The monoisotopic (exact) mass is 278 g/mol. The largest absolute Gasteiger partial charge is 0.508 e. The summed E-state index contributed by atoms with van der Waals surface area (Å²) in [6.45, 7) is 0. The van der Waals surface area contributed by atoms with Crippen molar-refractivity contribution in [3.8, 4) is 22.9 Å². The molecule has 4 aromatic rings. The molecule has 2 N–H and O–H groups in total. The van der Waals surface area contributed by atoms with Gasteiger partial charge >= 0.3 is 0 Å². The van der Waals surface area contributed by atoms with Crippen LogP contribution in [0.1, 0.15) is 0 Å². The Hall–Kier alpha value is -3.15. The quantitative estimate of drug-likeness (QED) is 0.558. The molecule has 4 rings (SSSR count). The Morgan fingerprint density at radius 2 is 1.86 bits per heavy atom. The van der Waals surface area contributed by atoms with Gasteiger partial charge in [0.25, 0.3) is 0 Å². The normalized spacial score (nSPS) is 11.2. The van der Waals surface area contributed by atoms with E-state index in [0.717, 1.165) is 10.9 Å². The Balaban J connectivity index is 2.00. The molecule has 0 aliphatic heterocycles.